The number of sulfonamides is 1. The van der Waals surface area contributed by atoms with E-state index in [9.17, 15) is 22.9 Å². The van der Waals surface area contributed by atoms with Gasteiger partial charge in [0.25, 0.3) is 0 Å². The number of nitrogens with two attached hydrogens (primary N) is 1. The quantitative estimate of drug-likeness (QED) is 0.454. The molecule has 1 aromatic rings. The Bertz CT molecular complexity index is 547. The predicted octanol–water partition coefficient (Wildman–Crippen LogP) is 0.824. The minimum atomic E-state index is -3.56. The van der Waals surface area contributed by atoms with E-state index in [0.717, 1.165) is 6.07 Å². The number of nitrogens with one attached hydrogen (secondary N) is 1. The van der Waals surface area contributed by atoms with Crippen molar-refractivity contribution in [1.29, 1.82) is 0 Å². The van der Waals surface area contributed by atoms with Gasteiger partial charge in [0.2, 0.25) is 15.8 Å². The molecule has 9 heteroatoms. The van der Waals surface area contributed by atoms with Gasteiger partial charge < -0.3 is 5.32 Å². The lowest BCUT2D eigenvalue weighted by atomic mass is 10.2. The van der Waals surface area contributed by atoms with Gasteiger partial charge in [-0.2, -0.15) is 4.39 Å². The largest absolute Gasteiger partial charge is 0.379 e. The Labute approximate surface area is 103 Å². The number of nitro benzene ring substituents is 1. The smallest absolute Gasteiger partial charge is 0.327 e. The van der Waals surface area contributed by atoms with E-state index in [-0.39, 0.29) is 24.4 Å². The fourth-order valence-corrected chi connectivity index (χ4v) is 1.89. The van der Waals surface area contributed by atoms with Crippen LogP contribution in [0.2, 0.25) is 0 Å². The fourth-order valence-electron chi connectivity index (χ4n) is 1.34. The summed E-state index contributed by atoms with van der Waals surface area (Å²) < 4.78 is 34.5. The van der Waals surface area contributed by atoms with Crippen molar-refractivity contribution in [2.45, 2.75) is 6.42 Å². The summed E-state index contributed by atoms with van der Waals surface area (Å²) in [5.41, 5.74) is -0.650. The van der Waals surface area contributed by atoms with Crippen LogP contribution < -0.4 is 10.5 Å². The molecular formula is C9H12FN3O4S. The van der Waals surface area contributed by atoms with Crippen LogP contribution in [0.1, 0.15) is 6.42 Å². The van der Waals surface area contributed by atoms with E-state index in [1.807, 2.05) is 0 Å². The topological polar surface area (TPSA) is 115 Å². The molecule has 0 aromatic heterocycles. The van der Waals surface area contributed by atoms with E-state index < -0.39 is 26.5 Å². The van der Waals surface area contributed by atoms with Crippen molar-refractivity contribution in [1.82, 2.24) is 0 Å². The average Bonchev–Trinajstić information content (AvgIpc) is 2.22. The lowest BCUT2D eigenvalue weighted by Gasteiger charge is -2.06. The molecule has 3 N–H and O–H groups in total. The number of nitrogens with zero attached hydrogens (tertiary/aromatic N) is 1. The maximum Gasteiger partial charge on any atom is 0.327 e. The zero-order chi connectivity index (χ0) is 13.8. The van der Waals surface area contributed by atoms with Gasteiger partial charge in [0.1, 0.15) is 5.69 Å². The van der Waals surface area contributed by atoms with Gasteiger partial charge in [-0.1, -0.05) is 6.07 Å². The first-order valence-corrected chi connectivity index (χ1v) is 6.70. The van der Waals surface area contributed by atoms with Crippen LogP contribution in [-0.4, -0.2) is 25.6 Å². The first kappa shape index (κ1) is 14.3. The summed E-state index contributed by atoms with van der Waals surface area (Å²) in [6, 6.07) is 3.65. The van der Waals surface area contributed by atoms with Gasteiger partial charge in [-0.25, -0.2) is 13.6 Å². The molecule has 0 atom stereocenters. The van der Waals surface area contributed by atoms with Crippen molar-refractivity contribution in [3.05, 3.63) is 34.1 Å². The number of rotatable bonds is 6. The lowest BCUT2D eigenvalue weighted by molar-refractivity contribution is -0.386. The van der Waals surface area contributed by atoms with Gasteiger partial charge >= 0.3 is 5.69 Å². The van der Waals surface area contributed by atoms with Gasteiger partial charge in [-0.05, 0) is 18.6 Å². The van der Waals surface area contributed by atoms with Gasteiger partial charge in [0.05, 0.1) is 10.7 Å². The summed E-state index contributed by atoms with van der Waals surface area (Å²) in [6.45, 7) is 0.140. The van der Waals surface area contributed by atoms with E-state index >= 15 is 0 Å². The normalized spacial score (nSPS) is 11.2. The van der Waals surface area contributed by atoms with E-state index in [2.05, 4.69) is 5.32 Å². The minimum Gasteiger partial charge on any atom is -0.379 e. The maximum absolute atomic E-state index is 13.2. The second-order valence-corrected chi connectivity index (χ2v) is 5.27. The van der Waals surface area contributed by atoms with Crippen molar-refractivity contribution in [3.63, 3.8) is 0 Å². The van der Waals surface area contributed by atoms with Crippen LogP contribution in [0.5, 0.6) is 0 Å². The summed E-state index contributed by atoms with van der Waals surface area (Å²) in [5, 5.41) is 18.0. The Morgan fingerprint density at radius 2 is 2.11 bits per heavy atom. The number of halogens is 1. The van der Waals surface area contributed by atoms with Crippen LogP contribution in [0.4, 0.5) is 15.8 Å². The number of benzene rings is 1. The zero-order valence-corrected chi connectivity index (χ0v) is 10.1. The number of anilines is 1. The molecule has 0 aliphatic carbocycles. The summed E-state index contributed by atoms with van der Waals surface area (Å²) in [5.74, 6) is -1.19. The third-order valence-electron chi connectivity index (χ3n) is 2.09. The molecule has 0 saturated heterocycles. The van der Waals surface area contributed by atoms with E-state index in [1.165, 1.54) is 12.1 Å². The van der Waals surface area contributed by atoms with E-state index in [1.54, 1.807) is 0 Å². The molecular weight excluding hydrogens is 265 g/mol. The van der Waals surface area contributed by atoms with Gasteiger partial charge in [-0.3, -0.25) is 10.1 Å². The number of primary sulfonamides is 1. The van der Waals surface area contributed by atoms with Gasteiger partial charge in [0.15, 0.2) is 0 Å². The van der Waals surface area contributed by atoms with Crippen molar-refractivity contribution >= 4 is 21.4 Å². The van der Waals surface area contributed by atoms with Crippen LogP contribution in [0.15, 0.2) is 18.2 Å². The predicted molar refractivity (Wildman–Crippen MR) is 64.1 cm³/mol. The molecule has 0 fully saturated rings. The summed E-state index contributed by atoms with van der Waals surface area (Å²) in [7, 11) is -3.56. The Kier molecular flexibility index (Phi) is 4.56. The number of hydrogen-bond acceptors (Lipinski definition) is 5. The standard InChI is InChI=1S/C9H12FN3O4S/c10-7-3-1-4-8(9(7)13(14)15)12-5-2-6-18(11,16)17/h1,3-4,12H,2,5-6H2,(H2,11,16,17). The fraction of sp³-hybridized carbons (Fsp3) is 0.333. The summed E-state index contributed by atoms with van der Waals surface area (Å²) in [6.07, 6.45) is 0.173. The first-order valence-electron chi connectivity index (χ1n) is 4.98. The highest BCUT2D eigenvalue weighted by Crippen LogP contribution is 2.26. The molecule has 0 amide bonds. The van der Waals surface area contributed by atoms with Crippen LogP contribution in [0.25, 0.3) is 0 Å². The molecule has 7 nitrogen and oxygen atoms in total. The Morgan fingerprint density at radius 1 is 1.44 bits per heavy atom. The first-order chi connectivity index (χ1) is 8.31. The molecule has 0 saturated carbocycles. The molecule has 0 radical (unpaired) electrons. The number of nitro groups is 1. The van der Waals surface area contributed by atoms with Crippen molar-refractivity contribution in [3.8, 4) is 0 Å². The molecule has 0 aliphatic rings. The Morgan fingerprint density at radius 3 is 2.67 bits per heavy atom. The maximum atomic E-state index is 13.2. The number of hydrogen-bond donors (Lipinski definition) is 2. The third kappa shape index (κ3) is 4.26. The second kappa shape index (κ2) is 5.74. The highest BCUT2D eigenvalue weighted by molar-refractivity contribution is 7.89. The molecule has 0 aliphatic heterocycles. The van der Waals surface area contributed by atoms with Crippen molar-refractivity contribution < 1.29 is 17.7 Å². The lowest BCUT2D eigenvalue weighted by Crippen LogP contribution is -2.18. The van der Waals surface area contributed by atoms with Gasteiger partial charge in [0, 0.05) is 6.54 Å². The molecule has 100 valence electrons. The molecule has 18 heavy (non-hydrogen) atoms. The molecule has 0 spiro atoms. The van der Waals surface area contributed by atoms with Crippen molar-refractivity contribution in [2.24, 2.45) is 5.14 Å². The Hall–Kier alpha value is -1.74. The molecule has 1 aromatic carbocycles. The van der Waals surface area contributed by atoms with Crippen LogP contribution in [0.3, 0.4) is 0 Å². The number of para-hydroxylation sites is 1. The zero-order valence-electron chi connectivity index (χ0n) is 9.30. The average molecular weight is 277 g/mol. The monoisotopic (exact) mass is 277 g/mol. The van der Waals surface area contributed by atoms with Crippen LogP contribution >= 0.6 is 0 Å². The second-order valence-electron chi connectivity index (χ2n) is 3.54. The van der Waals surface area contributed by atoms with E-state index in [4.69, 9.17) is 5.14 Å². The Balaban J connectivity index is 2.68. The van der Waals surface area contributed by atoms with E-state index in [0.29, 0.717) is 0 Å². The summed E-state index contributed by atoms with van der Waals surface area (Å²) in [4.78, 5) is 9.81. The molecule has 0 heterocycles. The van der Waals surface area contributed by atoms with Gasteiger partial charge in [-0.15, -0.1) is 0 Å². The van der Waals surface area contributed by atoms with Crippen LogP contribution in [-0.2, 0) is 10.0 Å². The van der Waals surface area contributed by atoms with Crippen LogP contribution in [0, 0.1) is 15.9 Å². The highest BCUT2D eigenvalue weighted by atomic mass is 32.2. The highest BCUT2D eigenvalue weighted by Gasteiger charge is 2.19. The third-order valence-corrected chi connectivity index (χ3v) is 2.95. The summed E-state index contributed by atoms with van der Waals surface area (Å²) >= 11 is 0. The molecule has 1 rings (SSSR count). The SMILES string of the molecule is NS(=O)(=O)CCCNc1cccc(F)c1[N+](=O)[O-]. The van der Waals surface area contributed by atoms with Crippen molar-refractivity contribution in [2.75, 3.05) is 17.6 Å². The molecule has 0 unspecified atom stereocenters. The minimum absolute atomic E-state index is 0.00872. The molecule has 0 bridgehead atoms.